The number of pyridine rings is 1. The molecule has 146 valence electrons. The summed E-state index contributed by atoms with van der Waals surface area (Å²) < 4.78 is 0.640. The minimum Gasteiger partial charge on any atom is -0.502 e. The molecule has 30 heavy (non-hydrogen) atoms. The molecule has 1 aromatic heterocycles. The Morgan fingerprint density at radius 2 is 1.67 bits per heavy atom. The van der Waals surface area contributed by atoms with Gasteiger partial charge in [0.15, 0.2) is 0 Å². The zero-order valence-corrected chi connectivity index (χ0v) is 15.8. The van der Waals surface area contributed by atoms with Gasteiger partial charge in [-0.2, -0.15) is 0 Å². The van der Waals surface area contributed by atoms with Crippen molar-refractivity contribution < 1.29 is 15.3 Å². The molecule has 0 aliphatic heterocycles. The minimum absolute atomic E-state index is 0.0755. The van der Waals surface area contributed by atoms with Gasteiger partial charge < -0.3 is 9.99 Å². The maximum Gasteiger partial charge on any atom is 0.265 e. The quantitative estimate of drug-likeness (QED) is 0.183. The van der Waals surface area contributed by atoms with Crippen molar-refractivity contribution >= 4 is 45.8 Å². The van der Waals surface area contributed by atoms with Crippen LogP contribution in [0.25, 0.3) is 44.9 Å². The molecule has 0 fully saturated rings. The maximum absolute atomic E-state index is 13.1. The lowest BCUT2D eigenvalue weighted by molar-refractivity contribution is -0.176. The molecule has 6 heteroatoms. The van der Waals surface area contributed by atoms with Crippen LogP contribution in [0.5, 0.6) is 5.88 Å². The third kappa shape index (κ3) is 2.82. The fraction of sp³-hybridized carbons (Fsp3) is 0. The van der Waals surface area contributed by atoms with Crippen LogP contribution in [0.2, 0.25) is 0 Å². The molecular weight excluding hydrogens is 380 g/mol. The van der Waals surface area contributed by atoms with E-state index < -0.39 is 17.3 Å². The summed E-state index contributed by atoms with van der Waals surface area (Å²) in [5.74, 6) is -1.22. The van der Waals surface area contributed by atoms with E-state index >= 15 is 0 Å². The van der Waals surface area contributed by atoms with Gasteiger partial charge in [0, 0.05) is 5.22 Å². The Kier molecular flexibility index (Phi) is 4.59. The molecule has 6 nitrogen and oxygen atoms in total. The monoisotopic (exact) mass is 396 g/mol. The van der Waals surface area contributed by atoms with Crippen molar-refractivity contribution in [3.63, 3.8) is 0 Å². The van der Waals surface area contributed by atoms with Crippen LogP contribution in [0.1, 0.15) is 5.56 Å². The molecule has 2 N–H and O–H groups in total. The Balaban J connectivity index is 2.25. The first-order valence-electron chi connectivity index (χ1n) is 8.95. The van der Waals surface area contributed by atoms with Crippen molar-refractivity contribution in [1.82, 2.24) is 4.57 Å². The van der Waals surface area contributed by atoms with Gasteiger partial charge in [0.25, 0.3) is 11.2 Å². The molecule has 0 radical (unpaired) electrons. The van der Waals surface area contributed by atoms with E-state index in [1.165, 1.54) is 0 Å². The lowest BCUT2D eigenvalue weighted by atomic mass is 9.96. The first kappa shape index (κ1) is 19.0. The van der Waals surface area contributed by atoms with E-state index in [0.29, 0.717) is 4.57 Å². The summed E-state index contributed by atoms with van der Waals surface area (Å²) >= 11 is 0. The molecule has 0 atom stereocenters. The second-order valence-corrected chi connectivity index (χ2v) is 6.68. The third-order valence-electron chi connectivity index (χ3n) is 5.04. The van der Waals surface area contributed by atoms with E-state index in [4.69, 9.17) is 11.8 Å². The van der Waals surface area contributed by atoms with Crippen LogP contribution in [0, 0.1) is 6.57 Å². The largest absolute Gasteiger partial charge is 0.502 e. The van der Waals surface area contributed by atoms with Crippen LogP contribution < -0.4 is 16.0 Å². The van der Waals surface area contributed by atoms with Gasteiger partial charge in [0.2, 0.25) is 11.8 Å². The Morgan fingerprint density at radius 1 is 1.10 bits per heavy atom. The van der Waals surface area contributed by atoms with Crippen LogP contribution in [0.4, 0.5) is 5.69 Å². The van der Waals surface area contributed by atoms with Crippen LogP contribution in [-0.2, 0) is 4.89 Å². The molecule has 0 spiro atoms. The Hall–Kier alpha value is -4.34. The Labute approximate surface area is 170 Å². The number of hydrogen-bond donors (Lipinski definition) is 2. The summed E-state index contributed by atoms with van der Waals surface area (Å²) in [7, 11) is 0. The van der Waals surface area contributed by atoms with Crippen molar-refractivity contribution in [2.75, 3.05) is 0 Å². The summed E-state index contributed by atoms with van der Waals surface area (Å²) in [4.78, 5) is 20.5. The lowest BCUT2D eigenvalue weighted by Gasteiger charge is -2.11. The van der Waals surface area contributed by atoms with Gasteiger partial charge in [-0.1, -0.05) is 48.5 Å². The van der Waals surface area contributed by atoms with Crippen LogP contribution in [0.3, 0.4) is 0 Å². The van der Waals surface area contributed by atoms with E-state index in [1.807, 2.05) is 48.5 Å². The van der Waals surface area contributed by atoms with Crippen molar-refractivity contribution in [1.29, 1.82) is 0 Å². The molecule has 0 saturated heterocycles. The predicted octanol–water partition coefficient (Wildman–Crippen LogP) is 3.57. The molecule has 4 rings (SSSR count). The van der Waals surface area contributed by atoms with Crippen molar-refractivity contribution in [3.05, 3.63) is 98.9 Å². The predicted molar refractivity (Wildman–Crippen MR) is 117 cm³/mol. The summed E-state index contributed by atoms with van der Waals surface area (Å²) in [6, 6.07) is 17.6. The fourth-order valence-electron chi connectivity index (χ4n) is 3.60. The van der Waals surface area contributed by atoms with E-state index in [1.54, 1.807) is 6.08 Å². The molecular formula is C24H16N2O4. The topological polar surface area (TPSA) is 76.1 Å². The normalized spacial score (nSPS) is 11.5. The highest BCUT2D eigenvalue weighted by Gasteiger charge is 2.17. The fourth-order valence-corrected chi connectivity index (χ4v) is 3.60. The van der Waals surface area contributed by atoms with Crippen LogP contribution >= 0.6 is 0 Å². The lowest BCUT2D eigenvalue weighted by Crippen LogP contribution is -2.44. The van der Waals surface area contributed by atoms with E-state index in [9.17, 15) is 9.90 Å². The molecule has 3 aromatic carbocycles. The van der Waals surface area contributed by atoms with Crippen LogP contribution in [-0.4, -0.2) is 14.9 Å². The second kappa shape index (κ2) is 7.24. The van der Waals surface area contributed by atoms with Gasteiger partial charge in [-0.05, 0) is 51.0 Å². The molecule has 1 heterocycles. The molecule has 0 aliphatic carbocycles. The number of nitrogens with zero attached hydrogens (tertiary/aromatic N) is 2. The van der Waals surface area contributed by atoms with Gasteiger partial charge in [-0.25, -0.2) is 14.7 Å². The van der Waals surface area contributed by atoms with E-state index in [0.717, 1.165) is 27.1 Å². The van der Waals surface area contributed by atoms with Gasteiger partial charge in [0.1, 0.15) is 0 Å². The minimum atomic E-state index is -0.721. The summed E-state index contributed by atoms with van der Waals surface area (Å²) in [6.07, 6.45) is 1.64. The SMILES string of the molecule is [C-]#[N+]c1c(O)n(C(=C)OO)c(=O)c(=Cc2c3ccccc3cc3ccccc23)c1=C. The Bertz CT molecular complexity index is 1510. The van der Waals surface area contributed by atoms with Gasteiger partial charge >= 0.3 is 0 Å². The zero-order chi connectivity index (χ0) is 21.4. The van der Waals surface area contributed by atoms with Gasteiger partial charge in [-0.15, -0.1) is 6.58 Å². The van der Waals surface area contributed by atoms with Gasteiger partial charge in [0.05, 0.1) is 6.57 Å². The molecule has 0 unspecified atom stereocenters. The molecule has 0 saturated carbocycles. The molecule has 4 aromatic rings. The van der Waals surface area contributed by atoms with Crippen LogP contribution in [0.15, 0.2) is 66.0 Å². The van der Waals surface area contributed by atoms with E-state index in [-0.39, 0.29) is 16.1 Å². The number of aromatic hydroxyl groups is 1. The molecule has 0 bridgehead atoms. The first-order chi connectivity index (χ1) is 14.5. The van der Waals surface area contributed by atoms with E-state index in [2.05, 4.69) is 29.0 Å². The van der Waals surface area contributed by atoms with Crippen molar-refractivity contribution in [3.8, 4) is 5.88 Å². The zero-order valence-electron chi connectivity index (χ0n) is 15.8. The molecule has 0 amide bonds. The summed E-state index contributed by atoms with van der Waals surface area (Å²) in [6.45, 7) is 14.6. The second-order valence-electron chi connectivity index (χ2n) is 6.68. The van der Waals surface area contributed by atoms with Crippen molar-refractivity contribution in [2.45, 2.75) is 0 Å². The number of aromatic nitrogens is 1. The average Bonchev–Trinajstić information content (AvgIpc) is 2.76. The number of rotatable bonds is 3. The smallest absolute Gasteiger partial charge is 0.265 e. The first-order valence-corrected chi connectivity index (χ1v) is 8.95. The highest BCUT2D eigenvalue weighted by molar-refractivity contribution is 6.06. The average molecular weight is 396 g/mol. The maximum atomic E-state index is 13.1. The molecule has 0 aliphatic rings. The van der Waals surface area contributed by atoms with Crippen molar-refractivity contribution in [2.24, 2.45) is 0 Å². The number of benzene rings is 3. The highest BCUT2D eigenvalue weighted by Crippen LogP contribution is 2.29. The van der Waals surface area contributed by atoms with Gasteiger partial charge in [-0.3, -0.25) is 4.79 Å². The Morgan fingerprint density at radius 3 is 2.20 bits per heavy atom. The summed E-state index contributed by atoms with van der Waals surface area (Å²) in [5.41, 5.74) is -0.182. The standard InChI is InChI=1S/C24H16N2O4/c1-14-20(23(27)26(15(2)30-29)24(28)22(14)25-3)13-21-18-10-6-4-8-16(18)12-17-9-5-7-11-19(17)21/h4-13,28-29H,1-2H2. The highest BCUT2D eigenvalue weighted by atomic mass is 17.1. The summed E-state index contributed by atoms with van der Waals surface area (Å²) in [5, 5.41) is 23.2. The number of fused-ring (bicyclic) bond motifs is 2. The third-order valence-corrected chi connectivity index (χ3v) is 5.04. The number of hydrogen-bond acceptors (Lipinski definition) is 4.